The van der Waals surface area contributed by atoms with Crippen LogP contribution >= 0.6 is 23.2 Å². The number of allylic oxidation sites excluding steroid dienone is 1. The predicted octanol–water partition coefficient (Wildman–Crippen LogP) is 8.11. The van der Waals surface area contributed by atoms with Gasteiger partial charge in [-0.2, -0.15) is 0 Å². The molecular formula is C46H50Cl2N8O6. The van der Waals surface area contributed by atoms with Gasteiger partial charge in [-0.1, -0.05) is 87.3 Å². The van der Waals surface area contributed by atoms with Crippen molar-refractivity contribution >= 4 is 69.4 Å². The Morgan fingerprint density at radius 3 is 1.89 bits per heavy atom. The number of aliphatic imine (C=N–C) groups is 1. The van der Waals surface area contributed by atoms with Crippen LogP contribution < -0.4 is 10.6 Å². The van der Waals surface area contributed by atoms with Gasteiger partial charge in [-0.05, 0) is 78.7 Å². The highest BCUT2D eigenvalue weighted by molar-refractivity contribution is 6.35. The van der Waals surface area contributed by atoms with Crippen LogP contribution in [0.4, 0.5) is 9.59 Å². The molecule has 3 aliphatic heterocycles. The second-order valence-corrected chi connectivity index (χ2v) is 18.6. The molecule has 4 amide bonds. The van der Waals surface area contributed by atoms with Crippen LogP contribution in [0.2, 0.25) is 5.15 Å². The van der Waals surface area contributed by atoms with Crippen molar-refractivity contribution in [3.8, 4) is 22.4 Å². The lowest BCUT2D eigenvalue weighted by Crippen LogP contribution is -2.54. The van der Waals surface area contributed by atoms with Crippen LogP contribution in [0, 0.1) is 23.7 Å². The van der Waals surface area contributed by atoms with E-state index in [1.807, 2.05) is 86.0 Å². The zero-order valence-electron chi connectivity index (χ0n) is 35.4. The number of piperidine rings is 2. The van der Waals surface area contributed by atoms with Crippen LogP contribution in [-0.2, 0) is 19.1 Å². The monoisotopic (exact) mass is 880 g/mol. The number of fused-ring (bicyclic) bond motifs is 3. The van der Waals surface area contributed by atoms with E-state index in [1.165, 1.54) is 14.2 Å². The lowest BCUT2D eigenvalue weighted by Gasteiger charge is -2.33. The number of alkyl carbamates (subject to hydrolysis) is 2. The summed E-state index contributed by atoms with van der Waals surface area (Å²) in [5.74, 6) is 0.921. The Bertz CT molecular complexity index is 2540. The van der Waals surface area contributed by atoms with Gasteiger partial charge in [0.1, 0.15) is 33.9 Å². The summed E-state index contributed by atoms with van der Waals surface area (Å²) >= 11 is 13.6. The van der Waals surface area contributed by atoms with E-state index in [0.29, 0.717) is 40.1 Å². The molecule has 2 aromatic carbocycles. The number of carbonyl (C=O) groups is 4. The molecule has 2 saturated carbocycles. The number of nitrogens with one attached hydrogen (secondary N) is 3. The molecule has 14 nitrogen and oxygen atoms in total. The minimum atomic E-state index is -0.720. The van der Waals surface area contributed by atoms with E-state index in [1.54, 1.807) is 0 Å². The number of imidazole rings is 1. The first-order chi connectivity index (χ1) is 29.7. The van der Waals surface area contributed by atoms with E-state index in [9.17, 15) is 19.2 Å². The van der Waals surface area contributed by atoms with E-state index in [0.717, 1.165) is 70.3 Å². The molecule has 0 unspecified atom stereocenters. The number of hydrogen-bond acceptors (Lipinski definition) is 9. The van der Waals surface area contributed by atoms with Gasteiger partial charge in [0.25, 0.3) is 0 Å². The lowest BCUT2D eigenvalue weighted by atomic mass is 9.97. The number of H-pyrrole nitrogens is 1. The van der Waals surface area contributed by atoms with Crippen molar-refractivity contribution in [1.82, 2.24) is 35.4 Å². The second-order valence-electron chi connectivity index (χ2n) is 17.9. The zero-order valence-corrected chi connectivity index (χ0v) is 37.0. The largest absolute Gasteiger partial charge is 0.453 e. The highest BCUT2D eigenvalue weighted by atomic mass is 35.5. The number of methoxy groups -OCH3 is 2. The molecule has 9 rings (SSSR count). The Morgan fingerprint density at radius 2 is 1.29 bits per heavy atom. The number of rotatable bonds is 11. The third-order valence-electron chi connectivity index (χ3n) is 13.2. The summed E-state index contributed by atoms with van der Waals surface area (Å²) in [4.78, 5) is 73.7. The molecule has 4 fully saturated rings. The molecule has 0 bridgehead atoms. The van der Waals surface area contributed by atoms with Crippen LogP contribution in [-0.4, -0.2) is 98.9 Å². The molecule has 5 heterocycles. The highest BCUT2D eigenvalue weighted by Crippen LogP contribution is 2.54. The van der Waals surface area contributed by atoms with Crippen LogP contribution in [0.25, 0.3) is 38.9 Å². The fourth-order valence-corrected chi connectivity index (χ4v) is 10.2. The number of pyridine rings is 1. The maximum absolute atomic E-state index is 13.9. The zero-order chi connectivity index (χ0) is 43.7. The number of halogens is 2. The summed E-state index contributed by atoms with van der Waals surface area (Å²) in [5.41, 5.74) is 6.69. The van der Waals surface area contributed by atoms with Crippen molar-refractivity contribution in [2.24, 2.45) is 28.7 Å². The molecule has 324 valence electrons. The smallest absolute Gasteiger partial charge is 0.407 e. The van der Waals surface area contributed by atoms with E-state index in [-0.39, 0.29) is 47.8 Å². The standard InChI is InChI=1S/C46H50Cl2N8O6/c1-21(2)37(52-45(59)61-5)43(57)55-33-16-27(33)18-35(55)32-20-29(40(47)50-32)31-14-12-26-15-25(11-13-30(26)49-31)23-7-9-24(10-8-23)39-41(48)54-42(51-39)36-19-28-17-34(28)56(36)44(58)38(22(3)4)53-46(60)62-6/h7-15,21-22,27-28,33-38H,16-20H2,1-6H3,(H,51,54)(H,52,59)(H,53,60)/t27-,28-,33-,34-,35+,36+,37+,38+/m1/s1. The number of nitrogens with zero attached hydrogens (tertiary/aromatic N) is 5. The fourth-order valence-electron chi connectivity index (χ4n) is 9.70. The molecule has 0 spiro atoms. The van der Waals surface area contributed by atoms with Gasteiger partial charge in [-0.15, -0.1) is 0 Å². The minimum Gasteiger partial charge on any atom is -0.453 e. The fraction of sp³-hybridized carbons (Fsp3) is 0.457. The third kappa shape index (κ3) is 7.69. The predicted molar refractivity (Wildman–Crippen MR) is 236 cm³/mol. The summed E-state index contributed by atoms with van der Waals surface area (Å²) in [6.45, 7) is 7.62. The Kier molecular flexibility index (Phi) is 11.0. The number of aromatic amines is 1. The quantitative estimate of drug-likeness (QED) is 0.127. The van der Waals surface area contributed by atoms with Gasteiger partial charge in [0.05, 0.1) is 37.5 Å². The Morgan fingerprint density at radius 1 is 0.726 bits per heavy atom. The van der Waals surface area contributed by atoms with Crippen molar-refractivity contribution in [1.29, 1.82) is 0 Å². The molecule has 0 radical (unpaired) electrons. The van der Waals surface area contributed by atoms with Crippen molar-refractivity contribution in [2.45, 2.75) is 96.1 Å². The van der Waals surface area contributed by atoms with Gasteiger partial charge in [0, 0.05) is 40.7 Å². The van der Waals surface area contributed by atoms with E-state index in [2.05, 4.69) is 21.7 Å². The van der Waals surface area contributed by atoms with Gasteiger partial charge < -0.3 is 34.9 Å². The lowest BCUT2D eigenvalue weighted by molar-refractivity contribution is -0.137. The Labute approximate surface area is 369 Å². The normalized spacial score (nSPS) is 24.5. The molecule has 5 aliphatic rings. The SMILES string of the molecule is COC(=O)N[C@H](C(=O)N1[C@@H]2C[C@@H]2C[C@H]1C1=NC(Cl)=C(c2ccc3cc(-c4ccc(-c5nc([C@@H]6C[C@H]7C[C@H]7N6C(=O)[C@@H](NC(=O)OC)C(C)C)[nH]c5Cl)cc4)ccc3n2)C1)C(C)C. The Hall–Kier alpha value is -5.47. The van der Waals surface area contributed by atoms with E-state index < -0.39 is 24.3 Å². The van der Waals surface area contributed by atoms with Crippen LogP contribution in [0.5, 0.6) is 0 Å². The average Bonchev–Trinajstić information content (AvgIpc) is 3.97. The first-order valence-corrected chi connectivity index (χ1v) is 22.1. The van der Waals surface area contributed by atoms with Crippen molar-refractivity contribution < 1.29 is 28.7 Å². The van der Waals surface area contributed by atoms with Gasteiger partial charge in [-0.3, -0.25) is 9.59 Å². The highest BCUT2D eigenvalue weighted by Gasteiger charge is 2.58. The van der Waals surface area contributed by atoms with Crippen LogP contribution in [0.3, 0.4) is 0 Å². The molecule has 16 heteroatoms. The summed E-state index contributed by atoms with van der Waals surface area (Å²) in [7, 11) is 2.58. The first-order valence-electron chi connectivity index (χ1n) is 21.3. The Balaban J connectivity index is 0.881. The maximum atomic E-state index is 13.9. The molecule has 2 saturated heterocycles. The van der Waals surface area contributed by atoms with Crippen LogP contribution in [0.1, 0.15) is 77.4 Å². The van der Waals surface area contributed by atoms with Gasteiger partial charge in [0.2, 0.25) is 11.8 Å². The second kappa shape index (κ2) is 16.3. The van der Waals surface area contributed by atoms with Crippen molar-refractivity contribution in [3.05, 3.63) is 76.4 Å². The molecular weight excluding hydrogens is 831 g/mol. The van der Waals surface area contributed by atoms with Crippen molar-refractivity contribution in [2.75, 3.05) is 14.2 Å². The molecule has 2 aromatic heterocycles. The third-order valence-corrected chi connectivity index (χ3v) is 13.8. The summed E-state index contributed by atoms with van der Waals surface area (Å²) < 4.78 is 9.61. The number of aromatic nitrogens is 3. The number of benzene rings is 2. The minimum absolute atomic E-state index is 0.114. The number of likely N-dealkylation sites (tertiary alicyclic amines) is 2. The molecule has 3 N–H and O–H groups in total. The van der Waals surface area contributed by atoms with Gasteiger partial charge >= 0.3 is 12.2 Å². The molecule has 4 aromatic rings. The average molecular weight is 882 g/mol. The summed E-state index contributed by atoms with van der Waals surface area (Å²) in [6.07, 6.45) is 2.71. The maximum Gasteiger partial charge on any atom is 0.407 e. The van der Waals surface area contributed by atoms with Crippen molar-refractivity contribution in [3.63, 3.8) is 0 Å². The number of hydrogen-bond donors (Lipinski definition) is 3. The molecule has 8 atom stereocenters. The number of carbonyl (C=O) groups excluding carboxylic acids is 4. The van der Waals surface area contributed by atoms with Gasteiger partial charge in [0.15, 0.2) is 0 Å². The topological polar surface area (TPSA) is 171 Å². The van der Waals surface area contributed by atoms with E-state index >= 15 is 0 Å². The molecule has 62 heavy (non-hydrogen) atoms. The molecule has 2 aliphatic carbocycles. The summed E-state index contributed by atoms with van der Waals surface area (Å²) in [6, 6.07) is 16.6. The summed E-state index contributed by atoms with van der Waals surface area (Å²) in [5, 5.41) is 7.20. The number of amides is 4. The first kappa shape index (κ1) is 41.9. The van der Waals surface area contributed by atoms with Gasteiger partial charge in [-0.25, -0.2) is 24.5 Å². The van der Waals surface area contributed by atoms with E-state index in [4.69, 9.17) is 47.6 Å². The number of ether oxygens (including phenoxy) is 2. The van der Waals surface area contributed by atoms with Crippen LogP contribution in [0.15, 0.2) is 64.7 Å².